The summed E-state index contributed by atoms with van der Waals surface area (Å²) in [5, 5.41) is 169. The first-order valence-corrected chi connectivity index (χ1v) is 41.5. The smallest absolute Gasteiger partial charge is 0.340 e. The lowest BCUT2D eigenvalue weighted by molar-refractivity contribution is 0.0214. The second kappa shape index (κ2) is 40.4. The molecule has 11 aromatic carbocycles. The van der Waals surface area contributed by atoms with Crippen LogP contribution < -0.4 is 9.47 Å². The molecular weight excluding hydrogens is 1820 g/mol. The molecule has 42 heteroatoms. The van der Waals surface area contributed by atoms with Crippen LogP contribution in [0.15, 0.2) is 384 Å². The third-order valence-corrected chi connectivity index (χ3v) is 21.0. The van der Waals surface area contributed by atoms with Gasteiger partial charge >= 0.3 is 11.9 Å². The Morgan fingerprint density at radius 1 is 0.321 bits per heavy atom. The lowest BCUT2D eigenvalue weighted by atomic mass is 9.77. The monoisotopic (exact) mass is 1890 g/mol. The van der Waals surface area contributed by atoms with Gasteiger partial charge in [0.25, 0.3) is 0 Å². The van der Waals surface area contributed by atoms with E-state index >= 15 is 0 Å². The van der Waals surface area contributed by atoms with Crippen LogP contribution in [0.1, 0.15) is 54.1 Å². The third kappa shape index (κ3) is 19.7. The number of carbonyl (C=O) groups is 2. The van der Waals surface area contributed by atoms with Crippen molar-refractivity contribution in [2.45, 2.75) is 11.2 Å². The van der Waals surface area contributed by atoms with Crippen LogP contribution in [0.25, 0.3) is 21.9 Å². The Kier molecular flexibility index (Phi) is 26.4. The number of phenols is 12. The first-order valence-electron chi connectivity index (χ1n) is 41.1. The van der Waals surface area contributed by atoms with Gasteiger partial charge in [-0.15, -0.1) is 66.3 Å². The Bertz CT molecular complexity index is 7980. The van der Waals surface area contributed by atoms with Gasteiger partial charge in [0.1, 0.15) is 155 Å². The standard InChI is InChI=1S/C25H14N6O5.C25H15N3O5.C15H11N3O2.C11H8ClN3O2.C11H8N4O3.C11H9N3O2/c32-12-5-6-15-19(7-12)35-20-9-18(33)17(30-31-23-21-22(27-10-26-21)28-11-29-23)8-16(20)25(15)14-4-2-1-3-13(14)24(34)36-25;29-14-8-9-17-21(11-14)32-22-13-20(30)19(27-28-23-7-3-4-10-26-23)12-18(22)25(17)16-6-2-1-5-15(16)24(31)33-25;19-11-6-4-10-5-7-13(20)15(12(10)9-11)18-17-14-3-1-2-8-16-14;12-8-4-9(11(17)5-10(8)16)15-14-7-2-1-3-13-6-7;16-10-5-11(17)9(15-18)4-8(10)14-13-7-2-1-3-12-6-7;15-9-3-4-10(11(16)6-9)14-13-8-2-1-5-12-7-8/h1-11,32-33H,(H,26,27,28,29);1-13,29-30H;1-9,19-20H;1-6,16-17H;1-6,16-17H;1-7,15-16H. The van der Waals surface area contributed by atoms with E-state index < -0.39 is 28.9 Å². The van der Waals surface area contributed by atoms with Crippen molar-refractivity contribution in [1.82, 2.24) is 44.9 Å². The number of nitrogens with zero attached hydrogens (tertiary/aromatic N) is 21. The number of hydrogen-bond acceptors (Lipinski definition) is 40. The number of rotatable bonds is 13. The molecule has 11 heterocycles. The normalized spacial score (nSPS) is 14.3. The summed E-state index contributed by atoms with van der Waals surface area (Å²) in [5.41, 5.74) is 4.75. The fourth-order valence-corrected chi connectivity index (χ4v) is 14.5. The number of aromatic amines is 1. The van der Waals surface area contributed by atoms with Crippen molar-refractivity contribution in [1.29, 1.82) is 0 Å². The first-order chi connectivity index (χ1) is 68.0. The molecule has 18 aromatic rings. The number of imidazole rings is 1. The van der Waals surface area contributed by atoms with Crippen LogP contribution in [0.2, 0.25) is 5.02 Å². The quantitative estimate of drug-likeness (QED) is 0.0290. The number of nitrogens with one attached hydrogen (secondary N) is 1. The first kappa shape index (κ1) is 91.5. The molecule has 0 radical (unpaired) electrons. The summed E-state index contributed by atoms with van der Waals surface area (Å²) in [7, 11) is 0. The maximum Gasteiger partial charge on any atom is 0.340 e. The summed E-state index contributed by atoms with van der Waals surface area (Å²) in [6, 6.07) is 66.9. The molecule has 4 aliphatic rings. The molecule has 0 aliphatic carbocycles. The van der Waals surface area contributed by atoms with Gasteiger partial charge in [-0.2, -0.15) is 0 Å². The number of halogens is 1. The summed E-state index contributed by atoms with van der Waals surface area (Å²) in [5.74, 6) is -0.361. The van der Waals surface area contributed by atoms with Crippen molar-refractivity contribution in [2.75, 3.05) is 0 Å². The molecule has 140 heavy (non-hydrogen) atoms. The molecule has 0 bridgehead atoms. The van der Waals surface area contributed by atoms with Crippen LogP contribution >= 0.6 is 11.6 Å². The predicted octanol–water partition coefficient (Wildman–Crippen LogP) is 24.1. The van der Waals surface area contributed by atoms with Crippen LogP contribution in [0.3, 0.4) is 0 Å². The lowest BCUT2D eigenvalue weighted by Gasteiger charge is -2.36. The van der Waals surface area contributed by atoms with Gasteiger partial charge in [-0.1, -0.05) is 72.3 Å². The second-order valence-corrected chi connectivity index (χ2v) is 30.1. The van der Waals surface area contributed by atoms with Crippen LogP contribution in [0, 0.1) is 4.91 Å². The largest absolute Gasteiger partial charge is 0.508 e. The molecule has 2 spiro atoms. The average molecular weight is 1890 g/mol. The maximum atomic E-state index is 13.0. The highest BCUT2D eigenvalue weighted by Crippen LogP contribution is 2.61. The Morgan fingerprint density at radius 2 is 0.764 bits per heavy atom. The molecule has 688 valence electrons. The number of phenolic OH excluding ortho intramolecular Hbond substituents is 12. The minimum absolute atomic E-state index is 0.00258. The molecule has 0 amide bonds. The number of esters is 2. The van der Waals surface area contributed by atoms with Gasteiger partial charge < -0.3 is 85.2 Å². The Hall–Kier alpha value is -20.4. The molecule has 22 rings (SSSR count). The van der Waals surface area contributed by atoms with Crippen molar-refractivity contribution in [3.05, 3.63) is 371 Å². The number of benzene rings is 11. The zero-order chi connectivity index (χ0) is 97.6. The zero-order valence-electron chi connectivity index (χ0n) is 71.5. The van der Waals surface area contributed by atoms with Gasteiger partial charge in [-0.3, -0.25) is 15.0 Å². The predicted molar refractivity (Wildman–Crippen MR) is 501 cm³/mol. The van der Waals surface area contributed by atoms with Crippen molar-refractivity contribution < 1.29 is 89.8 Å². The number of aromatic hydroxyl groups is 12. The van der Waals surface area contributed by atoms with Crippen molar-refractivity contribution in [2.24, 2.45) is 66.5 Å². The molecule has 7 aromatic heterocycles. The highest BCUT2D eigenvalue weighted by atomic mass is 35.5. The highest BCUT2D eigenvalue weighted by Gasteiger charge is 2.56. The molecule has 0 saturated carbocycles. The Balaban J connectivity index is 0.000000120. The van der Waals surface area contributed by atoms with E-state index in [1.165, 1.54) is 85.7 Å². The molecule has 13 N–H and O–H groups in total. The lowest BCUT2D eigenvalue weighted by Crippen LogP contribution is -2.32. The number of azo groups is 6. The minimum atomic E-state index is -1.38. The topological polar surface area (TPSA) is 610 Å². The van der Waals surface area contributed by atoms with E-state index in [1.54, 1.807) is 195 Å². The van der Waals surface area contributed by atoms with Gasteiger partial charge in [0.2, 0.25) is 5.82 Å². The second-order valence-electron chi connectivity index (χ2n) is 29.7. The van der Waals surface area contributed by atoms with E-state index in [4.69, 9.17) is 35.7 Å². The molecule has 0 fully saturated rings. The van der Waals surface area contributed by atoms with E-state index in [-0.39, 0.29) is 114 Å². The van der Waals surface area contributed by atoms with E-state index in [1.807, 2.05) is 18.2 Å². The van der Waals surface area contributed by atoms with Gasteiger partial charge in [0.05, 0.1) is 52.2 Å². The molecular formula is C98H65ClN22O19. The van der Waals surface area contributed by atoms with Gasteiger partial charge in [0.15, 0.2) is 34.2 Å². The van der Waals surface area contributed by atoms with Crippen LogP contribution in [-0.2, 0) is 20.7 Å². The number of nitroso groups, excluding NO2 is 1. The van der Waals surface area contributed by atoms with E-state index in [0.29, 0.717) is 113 Å². The van der Waals surface area contributed by atoms with E-state index in [0.717, 1.165) is 23.6 Å². The Labute approximate surface area is 791 Å². The van der Waals surface area contributed by atoms with E-state index in [2.05, 4.69) is 111 Å². The number of pyridine rings is 5. The maximum absolute atomic E-state index is 13.0. The number of carbonyl (C=O) groups excluding carboxylic acids is 2. The van der Waals surface area contributed by atoms with Crippen LogP contribution in [-0.4, -0.2) is 118 Å². The molecule has 2 atom stereocenters. The highest BCUT2D eigenvalue weighted by molar-refractivity contribution is 6.32. The number of H-pyrrole nitrogens is 1. The molecule has 2 unspecified atom stereocenters. The summed E-state index contributed by atoms with van der Waals surface area (Å²) >= 11 is 5.69. The van der Waals surface area contributed by atoms with E-state index in [9.17, 15) is 70.7 Å². The molecule has 41 nitrogen and oxygen atoms in total. The fourth-order valence-electron chi connectivity index (χ4n) is 14.4. The molecule has 4 aliphatic heterocycles. The Morgan fingerprint density at radius 3 is 1.29 bits per heavy atom. The summed E-state index contributed by atoms with van der Waals surface area (Å²) in [4.78, 5) is 71.1. The number of aromatic nitrogens is 9. The van der Waals surface area contributed by atoms with Gasteiger partial charge in [-0.25, -0.2) is 34.5 Å². The van der Waals surface area contributed by atoms with Crippen molar-refractivity contribution in [3.8, 4) is 92.0 Å². The number of ether oxygens (including phenoxy) is 4. The SMILES string of the molecule is O=C1OC2(c3ccc(O)cc3Oc3cc(O)c(N=Nc4ccccn4)cc32)c2ccccc21.O=C1OC2(c3ccc(O)cc3Oc3cc(O)c(N=Nc4ncnc5nc[nH]c45)cc32)c2ccccc21.O=Nc1cc(N=Nc2cccnc2)c(O)cc1O.Oc1cc(O)c(N=Nc2cccnc2)cc1Cl.Oc1ccc(N=Nc2cccnc2)c(O)c1.Oc1ccc2ccc(O)c(N=Nc3ccccn3)c2c1. The fraction of sp³-hybridized carbons (Fsp3) is 0.0204. The summed E-state index contributed by atoms with van der Waals surface area (Å²) < 4.78 is 24.1. The number of fused-ring (bicyclic) bond motifs is 14. The van der Waals surface area contributed by atoms with Gasteiger partial charge in [0, 0.05) is 107 Å². The zero-order valence-corrected chi connectivity index (χ0v) is 72.3. The van der Waals surface area contributed by atoms with Crippen molar-refractivity contribution >= 4 is 120 Å². The van der Waals surface area contributed by atoms with Crippen molar-refractivity contribution in [3.63, 3.8) is 0 Å². The number of hydrogen-bond donors (Lipinski definition) is 13. The summed E-state index contributed by atoms with van der Waals surface area (Å²) in [6.07, 6.45) is 15.4. The molecule has 0 saturated heterocycles. The van der Waals surface area contributed by atoms with Crippen LogP contribution in [0.4, 0.5) is 74.3 Å². The summed E-state index contributed by atoms with van der Waals surface area (Å²) in [6.45, 7) is 0. The minimum Gasteiger partial charge on any atom is -0.508 e. The third-order valence-electron chi connectivity index (χ3n) is 20.7. The van der Waals surface area contributed by atoms with Crippen LogP contribution in [0.5, 0.6) is 92.0 Å². The van der Waals surface area contributed by atoms with Gasteiger partial charge in [-0.05, 0) is 156 Å². The average Bonchev–Trinajstić information content (AvgIpc) is 1.51.